The highest BCUT2D eigenvalue weighted by atomic mass is 16.5. The monoisotopic (exact) mass is 363 g/mol. The van der Waals surface area contributed by atoms with Crippen molar-refractivity contribution in [2.45, 2.75) is 32.0 Å². The first-order valence-corrected chi connectivity index (χ1v) is 9.84. The molecule has 0 amide bonds. The van der Waals surface area contributed by atoms with E-state index in [1.54, 1.807) is 0 Å². The molecule has 4 rings (SSSR count). The quantitative estimate of drug-likeness (QED) is 0.709. The minimum Gasteiger partial charge on any atom is -0.489 e. The molecule has 27 heavy (non-hydrogen) atoms. The highest BCUT2D eigenvalue weighted by molar-refractivity contribution is 5.84. The second-order valence-electron chi connectivity index (χ2n) is 7.77. The van der Waals surface area contributed by atoms with Crippen molar-refractivity contribution in [2.24, 2.45) is 0 Å². The third kappa shape index (κ3) is 4.34. The zero-order valence-corrected chi connectivity index (χ0v) is 16.3. The number of nitrogens with one attached hydrogen (secondary N) is 1. The SMILES string of the molecule is CN(C)C1CCN(Cc2c[nH]c3ccc(OCc4ccccc4)cc23)CC1. The molecule has 2 aromatic carbocycles. The third-order valence-corrected chi connectivity index (χ3v) is 5.67. The molecule has 0 unspecified atom stereocenters. The Morgan fingerprint density at radius 1 is 1.07 bits per heavy atom. The molecule has 2 heterocycles. The lowest BCUT2D eigenvalue weighted by Crippen LogP contribution is -2.41. The number of aromatic amines is 1. The van der Waals surface area contributed by atoms with Crippen LogP contribution >= 0.6 is 0 Å². The fourth-order valence-corrected chi connectivity index (χ4v) is 3.95. The number of likely N-dealkylation sites (tertiary alicyclic amines) is 1. The number of aromatic nitrogens is 1. The van der Waals surface area contributed by atoms with E-state index in [2.05, 4.69) is 59.3 Å². The van der Waals surface area contributed by atoms with E-state index in [0.29, 0.717) is 6.61 Å². The molecule has 1 saturated heterocycles. The molecule has 0 bridgehead atoms. The molecule has 0 radical (unpaired) electrons. The van der Waals surface area contributed by atoms with E-state index in [1.165, 1.54) is 48.0 Å². The Hall–Kier alpha value is -2.30. The lowest BCUT2D eigenvalue weighted by molar-refractivity contribution is 0.140. The van der Waals surface area contributed by atoms with Gasteiger partial charge in [-0.25, -0.2) is 0 Å². The zero-order valence-electron chi connectivity index (χ0n) is 16.3. The minimum absolute atomic E-state index is 0.601. The summed E-state index contributed by atoms with van der Waals surface area (Å²) in [5.74, 6) is 0.929. The van der Waals surface area contributed by atoms with Crippen LogP contribution in [0.15, 0.2) is 54.7 Å². The first-order chi connectivity index (χ1) is 13.2. The van der Waals surface area contributed by atoms with Crippen molar-refractivity contribution in [3.63, 3.8) is 0 Å². The van der Waals surface area contributed by atoms with Crippen molar-refractivity contribution >= 4 is 10.9 Å². The Morgan fingerprint density at radius 3 is 2.59 bits per heavy atom. The number of hydrogen-bond donors (Lipinski definition) is 1. The van der Waals surface area contributed by atoms with Gasteiger partial charge in [-0.05, 0) is 69.4 Å². The van der Waals surface area contributed by atoms with E-state index >= 15 is 0 Å². The van der Waals surface area contributed by atoms with Crippen molar-refractivity contribution < 1.29 is 4.74 Å². The van der Waals surface area contributed by atoms with E-state index in [4.69, 9.17) is 4.74 Å². The van der Waals surface area contributed by atoms with Crippen LogP contribution in [0.4, 0.5) is 0 Å². The van der Waals surface area contributed by atoms with Crippen LogP contribution in [0.1, 0.15) is 24.0 Å². The third-order valence-electron chi connectivity index (χ3n) is 5.67. The molecule has 1 aliphatic heterocycles. The lowest BCUT2D eigenvalue weighted by atomic mass is 10.0. The van der Waals surface area contributed by atoms with E-state index in [-0.39, 0.29) is 0 Å². The van der Waals surface area contributed by atoms with Crippen LogP contribution in [-0.4, -0.2) is 48.0 Å². The summed E-state index contributed by atoms with van der Waals surface area (Å²) in [7, 11) is 4.38. The lowest BCUT2D eigenvalue weighted by Gasteiger charge is -2.35. The van der Waals surface area contributed by atoms with E-state index < -0.39 is 0 Å². The number of benzene rings is 2. The first-order valence-electron chi connectivity index (χ1n) is 9.84. The summed E-state index contributed by atoms with van der Waals surface area (Å²) in [6.45, 7) is 3.94. The summed E-state index contributed by atoms with van der Waals surface area (Å²) >= 11 is 0. The van der Waals surface area contributed by atoms with Gasteiger partial charge in [0.2, 0.25) is 0 Å². The molecule has 142 valence electrons. The molecule has 3 aromatic rings. The largest absolute Gasteiger partial charge is 0.489 e. The molecule has 1 aromatic heterocycles. The molecular formula is C23H29N3O. The number of ether oxygens (including phenoxy) is 1. The van der Waals surface area contributed by atoms with Crippen molar-refractivity contribution in [3.05, 3.63) is 65.9 Å². The van der Waals surface area contributed by atoms with Gasteiger partial charge >= 0.3 is 0 Å². The maximum Gasteiger partial charge on any atom is 0.120 e. The Kier molecular flexibility index (Phi) is 5.46. The summed E-state index contributed by atoms with van der Waals surface area (Å²) in [5, 5.41) is 1.27. The predicted octanol–water partition coefficient (Wildman–Crippen LogP) is 4.27. The number of fused-ring (bicyclic) bond motifs is 1. The Morgan fingerprint density at radius 2 is 1.85 bits per heavy atom. The highest BCUT2D eigenvalue weighted by Gasteiger charge is 2.21. The topological polar surface area (TPSA) is 31.5 Å². The van der Waals surface area contributed by atoms with Gasteiger partial charge in [0, 0.05) is 29.7 Å². The van der Waals surface area contributed by atoms with Gasteiger partial charge in [0.1, 0.15) is 12.4 Å². The van der Waals surface area contributed by atoms with Gasteiger partial charge in [0.05, 0.1) is 0 Å². The number of piperidine rings is 1. The smallest absolute Gasteiger partial charge is 0.120 e. The highest BCUT2D eigenvalue weighted by Crippen LogP contribution is 2.26. The van der Waals surface area contributed by atoms with Gasteiger partial charge in [0.25, 0.3) is 0 Å². The average molecular weight is 364 g/mol. The molecular weight excluding hydrogens is 334 g/mol. The van der Waals surface area contributed by atoms with Crippen molar-refractivity contribution in [1.82, 2.24) is 14.8 Å². The first kappa shape index (κ1) is 18.1. The van der Waals surface area contributed by atoms with Crippen LogP contribution in [0.5, 0.6) is 5.75 Å². The van der Waals surface area contributed by atoms with Crippen LogP contribution in [0, 0.1) is 0 Å². The average Bonchev–Trinajstić information content (AvgIpc) is 3.10. The second-order valence-corrected chi connectivity index (χ2v) is 7.77. The van der Waals surface area contributed by atoms with Crippen LogP contribution in [-0.2, 0) is 13.2 Å². The summed E-state index contributed by atoms with van der Waals surface area (Å²) < 4.78 is 6.02. The molecule has 0 spiro atoms. The maximum atomic E-state index is 6.02. The molecule has 4 nitrogen and oxygen atoms in total. The molecule has 1 aliphatic rings. The molecule has 1 fully saturated rings. The van der Waals surface area contributed by atoms with Crippen LogP contribution < -0.4 is 4.74 Å². The van der Waals surface area contributed by atoms with Gasteiger partial charge in [-0.15, -0.1) is 0 Å². The van der Waals surface area contributed by atoms with Gasteiger partial charge in [0.15, 0.2) is 0 Å². The standard InChI is InChI=1S/C23H29N3O/c1-25(2)20-10-12-26(13-11-20)16-19-15-24-23-9-8-21(14-22(19)23)27-17-18-6-4-3-5-7-18/h3-9,14-15,20,24H,10-13,16-17H2,1-2H3. The Labute approximate surface area is 161 Å². The zero-order chi connectivity index (χ0) is 18.6. The van der Waals surface area contributed by atoms with Crippen molar-refractivity contribution in [3.8, 4) is 5.75 Å². The molecule has 4 heteroatoms. The van der Waals surface area contributed by atoms with Crippen molar-refractivity contribution in [1.29, 1.82) is 0 Å². The number of rotatable bonds is 6. The van der Waals surface area contributed by atoms with Crippen LogP contribution in [0.3, 0.4) is 0 Å². The van der Waals surface area contributed by atoms with E-state index in [0.717, 1.165) is 18.3 Å². The second kappa shape index (κ2) is 8.15. The fourth-order valence-electron chi connectivity index (χ4n) is 3.95. The predicted molar refractivity (Wildman–Crippen MR) is 111 cm³/mol. The molecule has 0 atom stereocenters. The van der Waals surface area contributed by atoms with E-state index in [9.17, 15) is 0 Å². The molecule has 1 N–H and O–H groups in total. The normalized spacial score (nSPS) is 16.3. The summed E-state index contributed by atoms with van der Waals surface area (Å²) in [6.07, 6.45) is 4.66. The van der Waals surface area contributed by atoms with Gasteiger partial charge in [-0.1, -0.05) is 30.3 Å². The Balaban J connectivity index is 1.43. The maximum absolute atomic E-state index is 6.02. The molecule has 0 aliphatic carbocycles. The van der Waals surface area contributed by atoms with Crippen LogP contribution in [0.2, 0.25) is 0 Å². The summed E-state index contributed by atoms with van der Waals surface area (Å²) in [4.78, 5) is 8.35. The summed E-state index contributed by atoms with van der Waals surface area (Å²) in [5.41, 5.74) is 3.73. The number of H-pyrrole nitrogens is 1. The number of nitrogens with zero attached hydrogens (tertiary/aromatic N) is 2. The number of hydrogen-bond acceptors (Lipinski definition) is 3. The molecule has 0 saturated carbocycles. The fraction of sp³-hybridized carbons (Fsp3) is 0.391. The van der Waals surface area contributed by atoms with Crippen LogP contribution in [0.25, 0.3) is 10.9 Å². The Bertz CT molecular complexity index is 864. The van der Waals surface area contributed by atoms with Gasteiger partial charge in [-0.3, -0.25) is 4.90 Å². The minimum atomic E-state index is 0.601. The van der Waals surface area contributed by atoms with Crippen molar-refractivity contribution in [2.75, 3.05) is 27.2 Å². The van der Waals surface area contributed by atoms with E-state index in [1.807, 2.05) is 24.3 Å². The van der Waals surface area contributed by atoms with Gasteiger partial charge < -0.3 is 14.6 Å². The summed E-state index contributed by atoms with van der Waals surface area (Å²) in [6, 6.07) is 17.4. The van der Waals surface area contributed by atoms with Gasteiger partial charge in [-0.2, -0.15) is 0 Å².